The average Bonchev–Trinajstić information content (AvgIpc) is 3.19. The van der Waals surface area contributed by atoms with E-state index in [9.17, 15) is 4.79 Å². The molecule has 0 radical (unpaired) electrons. The van der Waals surface area contributed by atoms with Crippen molar-refractivity contribution in [2.45, 2.75) is 45.3 Å². The third kappa shape index (κ3) is 3.47. The van der Waals surface area contributed by atoms with E-state index in [-0.39, 0.29) is 12.0 Å². The minimum absolute atomic E-state index is 0.0474. The standard InChI is InChI=1S/C16H22N2O3/c1-3-20-15-7-11-6-10(2)21-14(11)8-13(15)18-16(19)9-17-12-4-5-12/h7-8,10,12,17H,3-6,9H2,1-2H3,(H,18,19). The highest BCUT2D eigenvalue weighted by Gasteiger charge is 2.24. The van der Waals surface area contributed by atoms with E-state index in [2.05, 4.69) is 10.6 Å². The number of nitrogens with one attached hydrogen (secondary N) is 2. The summed E-state index contributed by atoms with van der Waals surface area (Å²) in [5.74, 6) is 1.51. The van der Waals surface area contributed by atoms with Crippen molar-refractivity contribution in [2.75, 3.05) is 18.5 Å². The van der Waals surface area contributed by atoms with Gasteiger partial charge >= 0.3 is 0 Å². The van der Waals surface area contributed by atoms with Gasteiger partial charge in [0.25, 0.3) is 0 Å². The molecule has 1 aromatic rings. The van der Waals surface area contributed by atoms with Gasteiger partial charge in [-0.2, -0.15) is 0 Å². The van der Waals surface area contributed by atoms with Crippen molar-refractivity contribution >= 4 is 11.6 Å². The van der Waals surface area contributed by atoms with Gasteiger partial charge in [0.15, 0.2) is 0 Å². The highest BCUT2D eigenvalue weighted by Crippen LogP contribution is 2.38. The van der Waals surface area contributed by atoms with Gasteiger partial charge in [-0.1, -0.05) is 0 Å². The maximum Gasteiger partial charge on any atom is 0.238 e. The Morgan fingerprint density at radius 2 is 2.24 bits per heavy atom. The van der Waals surface area contributed by atoms with Gasteiger partial charge in [0.05, 0.1) is 18.8 Å². The Labute approximate surface area is 125 Å². The van der Waals surface area contributed by atoms with E-state index in [4.69, 9.17) is 9.47 Å². The summed E-state index contributed by atoms with van der Waals surface area (Å²) in [5.41, 5.74) is 1.83. The van der Waals surface area contributed by atoms with Crippen LogP contribution in [0.15, 0.2) is 12.1 Å². The number of carbonyl (C=O) groups excluding carboxylic acids is 1. The predicted molar refractivity (Wildman–Crippen MR) is 81.1 cm³/mol. The first-order valence-corrected chi connectivity index (χ1v) is 7.65. The second-order valence-electron chi connectivity index (χ2n) is 5.73. The maximum atomic E-state index is 12.0. The Kier molecular flexibility index (Phi) is 4.01. The molecule has 1 amide bonds. The molecule has 1 heterocycles. The third-order valence-electron chi connectivity index (χ3n) is 3.70. The molecular formula is C16H22N2O3. The first kappa shape index (κ1) is 14.2. The van der Waals surface area contributed by atoms with Crippen LogP contribution in [0.2, 0.25) is 0 Å². The van der Waals surface area contributed by atoms with Crippen LogP contribution >= 0.6 is 0 Å². The summed E-state index contributed by atoms with van der Waals surface area (Å²) in [4.78, 5) is 12.0. The highest BCUT2D eigenvalue weighted by molar-refractivity contribution is 5.94. The monoisotopic (exact) mass is 290 g/mol. The van der Waals surface area contributed by atoms with Crippen molar-refractivity contribution in [1.29, 1.82) is 0 Å². The highest BCUT2D eigenvalue weighted by atomic mass is 16.5. The number of carbonyl (C=O) groups is 1. The second-order valence-corrected chi connectivity index (χ2v) is 5.73. The van der Waals surface area contributed by atoms with Gasteiger partial charge < -0.3 is 20.1 Å². The zero-order chi connectivity index (χ0) is 14.8. The van der Waals surface area contributed by atoms with E-state index < -0.39 is 0 Å². The first-order chi connectivity index (χ1) is 10.2. The average molecular weight is 290 g/mol. The van der Waals surface area contributed by atoms with E-state index in [1.807, 2.05) is 26.0 Å². The summed E-state index contributed by atoms with van der Waals surface area (Å²) >= 11 is 0. The van der Waals surface area contributed by atoms with Gasteiger partial charge in [-0.25, -0.2) is 0 Å². The summed E-state index contributed by atoms with van der Waals surface area (Å²) in [6, 6.07) is 4.37. The van der Waals surface area contributed by atoms with Crippen LogP contribution in [-0.2, 0) is 11.2 Å². The van der Waals surface area contributed by atoms with Crippen LogP contribution < -0.4 is 20.1 Å². The molecule has 0 saturated heterocycles. The Morgan fingerprint density at radius 1 is 1.43 bits per heavy atom. The lowest BCUT2D eigenvalue weighted by molar-refractivity contribution is -0.115. The number of benzene rings is 1. The van der Waals surface area contributed by atoms with E-state index in [1.54, 1.807) is 0 Å². The lowest BCUT2D eigenvalue weighted by Gasteiger charge is -2.13. The lowest BCUT2D eigenvalue weighted by atomic mass is 10.1. The second kappa shape index (κ2) is 5.93. The van der Waals surface area contributed by atoms with Crippen LogP contribution in [0.3, 0.4) is 0 Å². The molecule has 1 aliphatic carbocycles. The fourth-order valence-electron chi connectivity index (χ4n) is 2.53. The summed E-state index contributed by atoms with van der Waals surface area (Å²) in [7, 11) is 0. The molecule has 21 heavy (non-hydrogen) atoms. The van der Waals surface area contributed by atoms with Crippen LogP contribution in [0.25, 0.3) is 0 Å². The van der Waals surface area contributed by atoms with Gasteiger partial charge in [-0.15, -0.1) is 0 Å². The number of ether oxygens (including phenoxy) is 2. The van der Waals surface area contributed by atoms with E-state index in [1.165, 1.54) is 12.8 Å². The van der Waals surface area contributed by atoms with E-state index in [0.29, 0.717) is 30.6 Å². The molecule has 3 rings (SSSR count). The van der Waals surface area contributed by atoms with Crippen LogP contribution in [-0.4, -0.2) is 31.2 Å². The number of anilines is 1. The minimum atomic E-state index is -0.0474. The van der Waals surface area contributed by atoms with Gasteiger partial charge in [-0.05, 0) is 32.8 Å². The molecule has 1 saturated carbocycles. The quantitative estimate of drug-likeness (QED) is 0.842. The number of amides is 1. The summed E-state index contributed by atoms with van der Waals surface area (Å²) < 4.78 is 11.4. The Balaban J connectivity index is 1.72. The summed E-state index contributed by atoms with van der Waals surface area (Å²) in [6.07, 6.45) is 3.40. The van der Waals surface area contributed by atoms with E-state index >= 15 is 0 Å². The minimum Gasteiger partial charge on any atom is -0.492 e. The smallest absolute Gasteiger partial charge is 0.238 e. The molecular weight excluding hydrogens is 268 g/mol. The maximum absolute atomic E-state index is 12.0. The van der Waals surface area contributed by atoms with Crippen molar-refractivity contribution < 1.29 is 14.3 Å². The summed E-state index contributed by atoms with van der Waals surface area (Å²) in [6.45, 7) is 4.88. The third-order valence-corrected chi connectivity index (χ3v) is 3.70. The van der Waals surface area contributed by atoms with Gasteiger partial charge in [-0.3, -0.25) is 4.79 Å². The van der Waals surface area contributed by atoms with Crippen molar-refractivity contribution in [3.05, 3.63) is 17.7 Å². The fourth-order valence-corrected chi connectivity index (χ4v) is 2.53. The van der Waals surface area contributed by atoms with Crippen LogP contribution in [0, 0.1) is 0 Å². The molecule has 0 bridgehead atoms. The molecule has 1 atom stereocenters. The predicted octanol–water partition coefficient (Wildman–Crippen LogP) is 2.10. The molecule has 5 heteroatoms. The molecule has 2 aliphatic rings. The topological polar surface area (TPSA) is 59.6 Å². The summed E-state index contributed by atoms with van der Waals surface area (Å²) in [5, 5.41) is 6.12. The van der Waals surface area contributed by atoms with Crippen LogP contribution in [0.5, 0.6) is 11.5 Å². The molecule has 2 N–H and O–H groups in total. The SMILES string of the molecule is CCOc1cc2c(cc1NC(=O)CNC1CC1)OC(C)C2. The molecule has 1 aliphatic heterocycles. The molecule has 0 spiro atoms. The van der Waals surface area contributed by atoms with Crippen molar-refractivity contribution in [3.63, 3.8) is 0 Å². The molecule has 1 unspecified atom stereocenters. The molecule has 5 nitrogen and oxygen atoms in total. The molecule has 114 valence electrons. The van der Waals surface area contributed by atoms with Crippen molar-refractivity contribution in [1.82, 2.24) is 5.32 Å². The number of hydrogen-bond acceptors (Lipinski definition) is 4. The lowest BCUT2D eigenvalue weighted by Crippen LogP contribution is -2.29. The largest absolute Gasteiger partial charge is 0.492 e. The molecule has 1 fully saturated rings. The van der Waals surface area contributed by atoms with E-state index in [0.717, 1.165) is 17.7 Å². The van der Waals surface area contributed by atoms with Gasteiger partial charge in [0.2, 0.25) is 5.91 Å². The Hall–Kier alpha value is -1.75. The Bertz CT molecular complexity index is 541. The number of rotatable bonds is 6. The number of fused-ring (bicyclic) bond motifs is 1. The van der Waals surface area contributed by atoms with Crippen molar-refractivity contribution in [3.8, 4) is 11.5 Å². The normalized spacial score (nSPS) is 19.8. The van der Waals surface area contributed by atoms with Gasteiger partial charge in [0, 0.05) is 24.1 Å². The zero-order valence-corrected chi connectivity index (χ0v) is 12.6. The zero-order valence-electron chi connectivity index (χ0n) is 12.6. The van der Waals surface area contributed by atoms with Crippen LogP contribution in [0.4, 0.5) is 5.69 Å². The van der Waals surface area contributed by atoms with Gasteiger partial charge in [0.1, 0.15) is 17.6 Å². The molecule has 0 aromatic heterocycles. The van der Waals surface area contributed by atoms with Crippen molar-refractivity contribution in [2.24, 2.45) is 0 Å². The number of hydrogen-bond donors (Lipinski definition) is 2. The van der Waals surface area contributed by atoms with Crippen LogP contribution in [0.1, 0.15) is 32.3 Å². The fraction of sp³-hybridized carbons (Fsp3) is 0.562. The Morgan fingerprint density at radius 3 is 2.95 bits per heavy atom. The molecule has 1 aromatic carbocycles. The first-order valence-electron chi connectivity index (χ1n) is 7.65.